The zero-order chi connectivity index (χ0) is 22.1. The van der Waals surface area contributed by atoms with E-state index in [2.05, 4.69) is 41.4 Å². The van der Waals surface area contributed by atoms with E-state index in [0.717, 1.165) is 49.5 Å². The predicted molar refractivity (Wildman–Crippen MR) is 124 cm³/mol. The molecule has 1 aliphatic heterocycles. The van der Waals surface area contributed by atoms with Crippen LogP contribution in [-0.4, -0.2) is 38.1 Å². The average Bonchev–Trinajstić information content (AvgIpc) is 2.82. The lowest BCUT2D eigenvalue weighted by Gasteiger charge is -2.32. The monoisotopic (exact) mass is 424 g/mol. The zero-order valence-electron chi connectivity index (χ0n) is 19.2. The van der Waals surface area contributed by atoms with Crippen molar-refractivity contribution in [3.8, 4) is 11.5 Å². The minimum Gasteiger partial charge on any atom is -0.497 e. The van der Waals surface area contributed by atoms with Crippen LogP contribution < -0.4 is 14.8 Å². The topological polar surface area (TPSA) is 50.8 Å². The molecule has 0 aromatic heterocycles. The van der Waals surface area contributed by atoms with Gasteiger partial charge in [-0.25, -0.2) is 0 Å². The van der Waals surface area contributed by atoms with E-state index < -0.39 is 0 Å². The third kappa shape index (κ3) is 7.00. The van der Waals surface area contributed by atoms with Crippen LogP contribution in [0.2, 0.25) is 0 Å². The van der Waals surface area contributed by atoms with Crippen LogP contribution in [0.1, 0.15) is 49.3 Å². The first-order valence-corrected chi connectivity index (χ1v) is 11.4. The number of carbonyl (C=O) groups is 1. The summed E-state index contributed by atoms with van der Waals surface area (Å²) in [5, 5.41) is 3.04. The van der Waals surface area contributed by atoms with Gasteiger partial charge in [0.2, 0.25) is 5.91 Å². The van der Waals surface area contributed by atoms with Crippen LogP contribution in [0.15, 0.2) is 42.5 Å². The molecule has 1 fully saturated rings. The fraction of sp³-hybridized carbons (Fsp3) is 0.500. The van der Waals surface area contributed by atoms with Gasteiger partial charge in [0.05, 0.1) is 14.2 Å². The highest BCUT2D eigenvalue weighted by atomic mass is 16.5. The van der Waals surface area contributed by atoms with E-state index in [4.69, 9.17) is 9.47 Å². The SMILES string of the molecule is CCc1ccc(CN2CCCC(CCC(=O)NCc3ccc(OC)cc3OC)C2)cc1. The van der Waals surface area contributed by atoms with E-state index in [1.54, 1.807) is 14.2 Å². The standard InChI is InChI=1S/C26H36N2O3/c1-4-20-7-9-22(10-8-20)19-28-15-5-6-21(18-28)11-14-26(29)27-17-23-12-13-24(30-2)16-25(23)31-3/h7-10,12-13,16,21H,4-6,11,14-15,17-19H2,1-3H3,(H,27,29). The summed E-state index contributed by atoms with van der Waals surface area (Å²) in [6.45, 7) is 5.89. The number of amides is 1. The summed E-state index contributed by atoms with van der Waals surface area (Å²) >= 11 is 0. The number of nitrogens with one attached hydrogen (secondary N) is 1. The maximum absolute atomic E-state index is 12.4. The van der Waals surface area contributed by atoms with Crippen molar-refractivity contribution in [2.24, 2.45) is 5.92 Å². The van der Waals surface area contributed by atoms with Crippen molar-refractivity contribution in [2.75, 3.05) is 27.3 Å². The number of carbonyl (C=O) groups excluding carboxylic acids is 1. The van der Waals surface area contributed by atoms with Crippen molar-refractivity contribution in [1.82, 2.24) is 10.2 Å². The minimum atomic E-state index is 0.102. The number of rotatable bonds is 10. The summed E-state index contributed by atoms with van der Waals surface area (Å²) in [7, 11) is 3.26. The van der Waals surface area contributed by atoms with E-state index in [1.807, 2.05) is 18.2 Å². The Morgan fingerprint density at radius 3 is 2.58 bits per heavy atom. The molecule has 0 saturated carbocycles. The average molecular weight is 425 g/mol. The number of benzene rings is 2. The van der Waals surface area contributed by atoms with Crippen LogP contribution in [0, 0.1) is 5.92 Å². The van der Waals surface area contributed by atoms with Crippen molar-refractivity contribution in [3.05, 3.63) is 59.2 Å². The van der Waals surface area contributed by atoms with Crippen LogP contribution in [0.5, 0.6) is 11.5 Å². The number of likely N-dealkylation sites (tertiary alicyclic amines) is 1. The summed E-state index contributed by atoms with van der Waals surface area (Å²) in [6.07, 6.45) is 5.02. The molecule has 1 aliphatic rings. The van der Waals surface area contributed by atoms with E-state index in [0.29, 0.717) is 18.9 Å². The van der Waals surface area contributed by atoms with Crippen molar-refractivity contribution >= 4 is 5.91 Å². The molecule has 1 amide bonds. The molecule has 1 unspecified atom stereocenters. The molecule has 5 nitrogen and oxygen atoms in total. The summed E-state index contributed by atoms with van der Waals surface area (Å²) in [4.78, 5) is 15.0. The Morgan fingerprint density at radius 2 is 1.87 bits per heavy atom. The fourth-order valence-corrected chi connectivity index (χ4v) is 4.28. The Bertz CT molecular complexity index is 835. The van der Waals surface area contributed by atoms with Gasteiger partial charge in [0.25, 0.3) is 0 Å². The first-order valence-electron chi connectivity index (χ1n) is 11.4. The molecule has 0 bridgehead atoms. The molecule has 31 heavy (non-hydrogen) atoms. The van der Waals surface area contributed by atoms with Gasteiger partial charge in [0.15, 0.2) is 0 Å². The third-order valence-corrected chi connectivity index (χ3v) is 6.19. The van der Waals surface area contributed by atoms with Crippen LogP contribution in [0.25, 0.3) is 0 Å². The normalized spacial score (nSPS) is 16.7. The molecular weight excluding hydrogens is 388 g/mol. The molecule has 1 atom stereocenters. The smallest absolute Gasteiger partial charge is 0.220 e. The summed E-state index contributed by atoms with van der Waals surface area (Å²) in [5.74, 6) is 2.17. The lowest BCUT2D eigenvalue weighted by atomic mass is 9.93. The highest BCUT2D eigenvalue weighted by Gasteiger charge is 2.20. The Kier molecular flexibility index (Phi) is 8.77. The summed E-state index contributed by atoms with van der Waals surface area (Å²) in [6, 6.07) is 14.6. The van der Waals surface area contributed by atoms with Crippen LogP contribution in [0.3, 0.4) is 0 Å². The van der Waals surface area contributed by atoms with E-state index in [9.17, 15) is 4.79 Å². The molecule has 2 aromatic rings. The van der Waals surface area contributed by atoms with Gasteiger partial charge in [-0.05, 0) is 61.4 Å². The first-order chi connectivity index (χ1) is 15.1. The zero-order valence-corrected chi connectivity index (χ0v) is 19.2. The van der Waals surface area contributed by atoms with Gasteiger partial charge in [-0.2, -0.15) is 0 Å². The maximum Gasteiger partial charge on any atom is 0.220 e. The van der Waals surface area contributed by atoms with Gasteiger partial charge in [-0.15, -0.1) is 0 Å². The number of hydrogen-bond donors (Lipinski definition) is 1. The maximum atomic E-state index is 12.4. The number of aryl methyl sites for hydroxylation is 1. The largest absolute Gasteiger partial charge is 0.497 e. The Morgan fingerprint density at radius 1 is 1.10 bits per heavy atom. The first kappa shape index (κ1) is 23.1. The molecule has 0 spiro atoms. The van der Waals surface area contributed by atoms with Gasteiger partial charge in [0.1, 0.15) is 11.5 Å². The molecule has 3 rings (SSSR count). The second-order valence-corrected chi connectivity index (χ2v) is 8.41. The van der Waals surface area contributed by atoms with Crippen molar-refractivity contribution < 1.29 is 14.3 Å². The second kappa shape index (κ2) is 11.8. The molecule has 5 heteroatoms. The van der Waals surface area contributed by atoms with Gasteiger partial charge in [-0.1, -0.05) is 31.2 Å². The van der Waals surface area contributed by atoms with Crippen LogP contribution in [0.4, 0.5) is 0 Å². The molecule has 1 saturated heterocycles. The Labute approximate surface area is 186 Å². The summed E-state index contributed by atoms with van der Waals surface area (Å²) in [5.41, 5.74) is 3.72. The highest BCUT2D eigenvalue weighted by molar-refractivity contribution is 5.75. The van der Waals surface area contributed by atoms with Crippen molar-refractivity contribution in [1.29, 1.82) is 0 Å². The number of ether oxygens (including phenoxy) is 2. The molecule has 0 radical (unpaired) electrons. The van der Waals surface area contributed by atoms with Crippen LogP contribution in [-0.2, 0) is 24.3 Å². The van der Waals surface area contributed by atoms with Gasteiger partial charge < -0.3 is 14.8 Å². The highest BCUT2D eigenvalue weighted by Crippen LogP contribution is 2.25. The van der Waals surface area contributed by atoms with Crippen molar-refractivity contribution in [3.63, 3.8) is 0 Å². The molecular formula is C26H36N2O3. The number of nitrogens with zero attached hydrogens (tertiary/aromatic N) is 1. The lowest BCUT2D eigenvalue weighted by Crippen LogP contribution is -2.35. The number of piperidine rings is 1. The van der Waals surface area contributed by atoms with Crippen LogP contribution >= 0.6 is 0 Å². The minimum absolute atomic E-state index is 0.102. The van der Waals surface area contributed by atoms with E-state index >= 15 is 0 Å². The Hall–Kier alpha value is -2.53. The van der Waals surface area contributed by atoms with Gasteiger partial charge in [-0.3, -0.25) is 9.69 Å². The van der Waals surface area contributed by atoms with Gasteiger partial charge in [0, 0.05) is 37.7 Å². The molecule has 2 aromatic carbocycles. The van der Waals surface area contributed by atoms with E-state index in [1.165, 1.54) is 24.0 Å². The van der Waals surface area contributed by atoms with Gasteiger partial charge >= 0.3 is 0 Å². The van der Waals surface area contributed by atoms with Crippen molar-refractivity contribution in [2.45, 2.75) is 52.1 Å². The quantitative estimate of drug-likeness (QED) is 0.607. The molecule has 1 heterocycles. The molecule has 168 valence electrons. The number of hydrogen-bond acceptors (Lipinski definition) is 4. The number of methoxy groups -OCH3 is 2. The fourth-order valence-electron chi connectivity index (χ4n) is 4.28. The molecule has 0 aliphatic carbocycles. The molecule has 1 N–H and O–H groups in total. The predicted octanol–water partition coefficient (Wildman–Crippen LogP) is 4.57. The lowest BCUT2D eigenvalue weighted by molar-refractivity contribution is -0.121. The second-order valence-electron chi connectivity index (χ2n) is 8.41. The van der Waals surface area contributed by atoms with E-state index in [-0.39, 0.29) is 5.91 Å². The summed E-state index contributed by atoms with van der Waals surface area (Å²) < 4.78 is 10.6. The third-order valence-electron chi connectivity index (χ3n) is 6.19. The Balaban J connectivity index is 1.42.